The summed E-state index contributed by atoms with van der Waals surface area (Å²) in [6.45, 7) is 0.664. The van der Waals surface area contributed by atoms with Gasteiger partial charge in [-0.2, -0.15) is 0 Å². The predicted octanol–water partition coefficient (Wildman–Crippen LogP) is 6.50. The summed E-state index contributed by atoms with van der Waals surface area (Å²) >= 11 is 0. The van der Waals surface area contributed by atoms with E-state index in [1.54, 1.807) is 6.20 Å². The number of nitrogens with zero attached hydrogens (tertiary/aromatic N) is 2. The number of halogens is 1. The Hall–Kier alpha value is -3.24. The molecule has 0 N–H and O–H groups in total. The van der Waals surface area contributed by atoms with E-state index in [0.29, 0.717) is 6.61 Å². The molecule has 0 aliphatic carbocycles. The van der Waals surface area contributed by atoms with Crippen molar-refractivity contribution in [1.29, 1.82) is 0 Å². The van der Waals surface area contributed by atoms with Crippen molar-refractivity contribution in [1.82, 2.24) is 4.98 Å². The molecule has 0 unspecified atom stereocenters. The summed E-state index contributed by atoms with van der Waals surface area (Å²) in [5.41, 5.74) is 4.39. The summed E-state index contributed by atoms with van der Waals surface area (Å²) in [7, 11) is 4.08. The van der Waals surface area contributed by atoms with E-state index in [0.717, 1.165) is 40.9 Å². The molecule has 0 amide bonds. The molecule has 0 aliphatic heterocycles. The fraction of sp³-hybridized carbons (Fsp3) is 0.192. The van der Waals surface area contributed by atoms with Crippen molar-refractivity contribution in [3.63, 3.8) is 0 Å². The maximum atomic E-state index is 5.98. The van der Waals surface area contributed by atoms with Crippen LogP contribution in [0.5, 0.6) is 5.75 Å². The number of pyridine rings is 1. The molecule has 31 heavy (non-hydrogen) atoms. The molecule has 4 nitrogen and oxygen atoms in total. The normalized spacial score (nSPS) is 10.9. The van der Waals surface area contributed by atoms with Crippen molar-refractivity contribution >= 4 is 41.2 Å². The second-order valence-corrected chi connectivity index (χ2v) is 7.48. The lowest BCUT2D eigenvalue weighted by atomic mass is 10.1. The fourth-order valence-electron chi connectivity index (χ4n) is 3.28. The maximum Gasteiger partial charge on any atom is 0.138 e. The molecule has 0 aliphatic rings. The summed E-state index contributed by atoms with van der Waals surface area (Å²) in [6, 6.07) is 20.5. The Bertz CT molecular complexity index is 1120. The lowest BCUT2D eigenvalue weighted by Gasteiger charge is -2.11. The number of aromatic nitrogens is 1. The van der Waals surface area contributed by atoms with Gasteiger partial charge in [-0.05, 0) is 66.4 Å². The second-order valence-electron chi connectivity index (χ2n) is 7.48. The van der Waals surface area contributed by atoms with Crippen LogP contribution in [0, 0.1) is 0 Å². The smallest absolute Gasteiger partial charge is 0.138 e. The SMILES string of the molecule is CN(C)c1ccc(C=Cc2cc3ccc(OCCCc4cccnc4)cc3o2)cc1.Cl. The number of fused-ring (bicyclic) bond motifs is 1. The van der Waals surface area contributed by atoms with E-state index in [1.807, 2.05) is 56.7 Å². The lowest BCUT2D eigenvalue weighted by Crippen LogP contribution is -2.07. The third kappa shape index (κ3) is 6.12. The van der Waals surface area contributed by atoms with E-state index in [-0.39, 0.29) is 12.4 Å². The summed E-state index contributed by atoms with van der Waals surface area (Å²) in [5.74, 6) is 1.66. The molecule has 0 fully saturated rings. The van der Waals surface area contributed by atoms with Gasteiger partial charge in [0.05, 0.1) is 6.61 Å². The highest BCUT2D eigenvalue weighted by Gasteiger charge is 2.04. The topological polar surface area (TPSA) is 38.5 Å². The van der Waals surface area contributed by atoms with E-state index < -0.39 is 0 Å². The molecule has 0 atom stereocenters. The number of ether oxygens (including phenoxy) is 1. The molecular weight excluding hydrogens is 408 g/mol. The third-order valence-electron chi connectivity index (χ3n) is 4.96. The Morgan fingerprint density at radius 3 is 2.58 bits per heavy atom. The first kappa shape index (κ1) is 22.4. The molecule has 160 valence electrons. The van der Waals surface area contributed by atoms with E-state index in [4.69, 9.17) is 9.15 Å². The predicted molar refractivity (Wildman–Crippen MR) is 131 cm³/mol. The van der Waals surface area contributed by atoms with Crippen LogP contribution in [0.1, 0.15) is 23.3 Å². The summed E-state index contributed by atoms with van der Waals surface area (Å²) in [6.07, 6.45) is 9.67. The van der Waals surface area contributed by atoms with Crippen LogP contribution in [0.25, 0.3) is 23.1 Å². The standard InChI is InChI=1S/C26H26N2O2.ClH/c1-28(2)23-11-7-20(8-12-23)9-13-25-17-22-10-14-24(18-26(22)30-25)29-16-4-6-21-5-3-15-27-19-21;/h3,5,7-15,17-19H,4,6,16H2,1-2H3;1H. The van der Waals surface area contributed by atoms with E-state index >= 15 is 0 Å². The average molecular weight is 435 g/mol. The molecule has 0 saturated carbocycles. The van der Waals surface area contributed by atoms with Gasteiger partial charge in [-0.1, -0.05) is 24.3 Å². The first-order chi connectivity index (χ1) is 14.7. The Kier molecular flexibility index (Phi) is 7.74. The van der Waals surface area contributed by atoms with E-state index in [9.17, 15) is 0 Å². The van der Waals surface area contributed by atoms with Gasteiger partial charge in [0.15, 0.2) is 0 Å². The van der Waals surface area contributed by atoms with Crippen LogP contribution >= 0.6 is 12.4 Å². The van der Waals surface area contributed by atoms with Gasteiger partial charge in [-0.25, -0.2) is 0 Å². The number of hydrogen-bond acceptors (Lipinski definition) is 4. The highest BCUT2D eigenvalue weighted by molar-refractivity contribution is 5.85. The van der Waals surface area contributed by atoms with Crippen molar-refractivity contribution in [3.05, 3.63) is 89.9 Å². The van der Waals surface area contributed by atoms with Gasteiger partial charge in [0, 0.05) is 43.6 Å². The zero-order valence-corrected chi connectivity index (χ0v) is 18.6. The fourth-order valence-corrected chi connectivity index (χ4v) is 3.28. The number of aryl methyl sites for hydroxylation is 1. The van der Waals surface area contributed by atoms with Crippen molar-refractivity contribution in [2.75, 3.05) is 25.6 Å². The van der Waals surface area contributed by atoms with E-state index in [1.165, 1.54) is 11.3 Å². The zero-order chi connectivity index (χ0) is 20.8. The Morgan fingerprint density at radius 1 is 1.00 bits per heavy atom. The molecule has 0 saturated heterocycles. The molecule has 4 rings (SSSR count). The highest BCUT2D eigenvalue weighted by Crippen LogP contribution is 2.26. The molecule has 2 heterocycles. The summed E-state index contributed by atoms with van der Waals surface area (Å²) < 4.78 is 11.9. The van der Waals surface area contributed by atoms with E-state index in [2.05, 4.69) is 46.3 Å². The second kappa shape index (κ2) is 10.7. The molecule has 2 aromatic heterocycles. The first-order valence-corrected chi connectivity index (χ1v) is 10.2. The minimum Gasteiger partial charge on any atom is -0.493 e. The van der Waals surface area contributed by atoms with Gasteiger partial charge in [0.2, 0.25) is 0 Å². The molecular formula is C26H27ClN2O2. The van der Waals surface area contributed by atoms with Crippen LogP contribution in [0.4, 0.5) is 5.69 Å². The van der Waals surface area contributed by atoms with Crippen molar-refractivity contribution in [2.45, 2.75) is 12.8 Å². The summed E-state index contributed by atoms with van der Waals surface area (Å²) in [4.78, 5) is 6.23. The van der Waals surface area contributed by atoms with Gasteiger partial charge < -0.3 is 14.1 Å². The Morgan fingerprint density at radius 2 is 1.84 bits per heavy atom. The first-order valence-electron chi connectivity index (χ1n) is 10.2. The third-order valence-corrected chi connectivity index (χ3v) is 4.96. The Balaban J connectivity index is 0.00000272. The molecule has 0 radical (unpaired) electrons. The molecule has 0 bridgehead atoms. The Labute approximate surface area is 189 Å². The van der Waals surface area contributed by atoms with Crippen LogP contribution in [0.15, 0.2) is 77.5 Å². The minimum atomic E-state index is 0. The molecule has 5 heteroatoms. The van der Waals surface area contributed by atoms with Crippen molar-refractivity contribution in [3.8, 4) is 5.75 Å². The van der Waals surface area contributed by atoms with Crippen LogP contribution < -0.4 is 9.64 Å². The number of furan rings is 1. The quantitative estimate of drug-likeness (QED) is 0.297. The van der Waals surface area contributed by atoms with Gasteiger partial charge in [-0.15, -0.1) is 12.4 Å². The minimum absolute atomic E-state index is 0. The largest absolute Gasteiger partial charge is 0.493 e. The number of hydrogen-bond donors (Lipinski definition) is 0. The monoisotopic (exact) mass is 434 g/mol. The van der Waals surface area contributed by atoms with Crippen LogP contribution in [-0.2, 0) is 6.42 Å². The van der Waals surface area contributed by atoms with Crippen molar-refractivity contribution < 1.29 is 9.15 Å². The molecule has 4 aromatic rings. The average Bonchev–Trinajstić information content (AvgIpc) is 3.18. The van der Waals surface area contributed by atoms with Gasteiger partial charge in [0.25, 0.3) is 0 Å². The highest BCUT2D eigenvalue weighted by atomic mass is 35.5. The lowest BCUT2D eigenvalue weighted by molar-refractivity contribution is 0.311. The van der Waals surface area contributed by atoms with Crippen LogP contribution in [0.2, 0.25) is 0 Å². The van der Waals surface area contributed by atoms with Crippen LogP contribution in [0.3, 0.4) is 0 Å². The van der Waals surface area contributed by atoms with Gasteiger partial charge in [0.1, 0.15) is 17.1 Å². The van der Waals surface area contributed by atoms with Crippen molar-refractivity contribution in [2.24, 2.45) is 0 Å². The van der Waals surface area contributed by atoms with Crippen LogP contribution in [-0.4, -0.2) is 25.7 Å². The molecule has 2 aromatic carbocycles. The molecule has 0 spiro atoms. The summed E-state index contributed by atoms with van der Waals surface area (Å²) in [5, 5.41) is 1.07. The number of benzene rings is 2. The van der Waals surface area contributed by atoms with Gasteiger partial charge >= 0.3 is 0 Å². The zero-order valence-electron chi connectivity index (χ0n) is 17.8. The number of anilines is 1. The maximum absolute atomic E-state index is 5.98. The number of rotatable bonds is 8. The van der Waals surface area contributed by atoms with Gasteiger partial charge in [-0.3, -0.25) is 4.98 Å².